The lowest BCUT2D eigenvalue weighted by Crippen LogP contribution is -2.56. The van der Waals surface area contributed by atoms with E-state index in [9.17, 15) is 4.79 Å². The summed E-state index contributed by atoms with van der Waals surface area (Å²) in [6.07, 6.45) is 2.63. The van der Waals surface area contributed by atoms with Gasteiger partial charge in [-0.05, 0) is 26.3 Å². The Kier molecular flexibility index (Phi) is 4.01. The van der Waals surface area contributed by atoms with Gasteiger partial charge in [-0.25, -0.2) is 5.84 Å². The van der Waals surface area contributed by atoms with Gasteiger partial charge in [0.05, 0.1) is 0 Å². The van der Waals surface area contributed by atoms with Crippen LogP contribution in [-0.2, 0) is 4.79 Å². The Bertz CT molecular complexity index is 284. The molecular weight excluding hydrogens is 216 g/mol. The van der Waals surface area contributed by atoms with Crippen molar-refractivity contribution in [3.8, 4) is 0 Å². The SMILES string of the molecule is CC(CN1CC2CCCN2CC1C)C(=O)NN. The van der Waals surface area contributed by atoms with Crippen LogP contribution in [-0.4, -0.2) is 54.0 Å². The third-order valence-electron chi connectivity index (χ3n) is 4.16. The number of fused-ring (bicyclic) bond motifs is 1. The minimum atomic E-state index is -0.0638. The molecule has 2 rings (SSSR count). The molecule has 98 valence electrons. The molecular formula is C12H24N4O. The van der Waals surface area contributed by atoms with Crippen molar-refractivity contribution in [2.75, 3.05) is 26.2 Å². The molecule has 0 aliphatic carbocycles. The van der Waals surface area contributed by atoms with E-state index in [1.54, 1.807) is 0 Å². The Morgan fingerprint density at radius 2 is 2.29 bits per heavy atom. The molecule has 17 heavy (non-hydrogen) atoms. The average Bonchev–Trinajstić information content (AvgIpc) is 2.75. The van der Waals surface area contributed by atoms with Gasteiger partial charge < -0.3 is 0 Å². The van der Waals surface area contributed by atoms with Gasteiger partial charge in [0, 0.05) is 37.6 Å². The normalized spacial score (nSPS) is 32.2. The van der Waals surface area contributed by atoms with E-state index >= 15 is 0 Å². The largest absolute Gasteiger partial charge is 0.298 e. The van der Waals surface area contributed by atoms with Gasteiger partial charge in [0.2, 0.25) is 5.91 Å². The molecule has 2 aliphatic heterocycles. The summed E-state index contributed by atoms with van der Waals surface area (Å²) in [6.45, 7) is 8.50. The number of nitrogens with zero attached hydrogens (tertiary/aromatic N) is 2. The highest BCUT2D eigenvalue weighted by atomic mass is 16.2. The van der Waals surface area contributed by atoms with Crippen molar-refractivity contribution in [2.24, 2.45) is 11.8 Å². The van der Waals surface area contributed by atoms with Crippen LogP contribution in [0.25, 0.3) is 0 Å². The van der Waals surface area contributed by atoms with Gasteiger partial charge in [-0.15, -0.1) is 0 Å². The van der Waals surface area contributed by atoms with Gasteiger partial charge >= 0.3 is 0 Å². The van der Waals surface area contributed by atoms with Crippen molar-refractivity contribution in [1.82, 2.24) is 15.2 Å². The zero-order chi connectivity index (χ0) is 12.4. The summed E-state index contributed by atoms with van der Waals surface area (Å²) in [5, 5.41) is 0. The maximum atomic E-state index is 11.4. The Hall–Kier alpha value is -0.650. The molecule has 2 saturated heterocycles. The van der Waals surface area contributed by atoms with Gasteiger partial charge in [-0.2, -0.15) is 0 Å². The third kappa shape index (κ3) is 2.78. The first-order valence-corrected chi connectivity index (χ1v) is 6.60. The molecule has 0 saturated carbocycles. The van der Waals surface area contributed by atoms with Crippen molar-refractivity contribution < 1.29 is 4.79 Å². The number of nitrogens with one attached hydrogen (secondary N) is 1. The van der Waals surface area contributed by atoms with Crippen LogP contribution in [0.4, 0.5) is 0 Å². The van der Waals surface area contributed by atoms with E-state index in [1.807, 2.05) is 6.92 Å². The fraction of sp³-hybridized carbons (Fsp3) is 0.917. The monoisotopic (exact) mass is 240 g/mol. The number of piperazine rings is 1. The summed E-state index contributed by atoms with van der Waals surface area (Å²) >= 11 is 0. The van der Waals surface area contributed by atoms with Crippen LogP contribution < -0.4 is 11.3 Å². The maximum Gasteiger partial charge on any atom is 0.237 e. The molecule has 0 spiro atoms. The number of hydrogen-bond acceptors (Lipinski definition) is 4. The molecule has 0 aromatic heterocycles. The van der Waals surface area contributed by atoms with E-state index in [0.717, 1.165) is 19.6 Å². The summed E-state index contributed by atoms with van der Waals surface area (Å²) in [7, 11) is 0. The molecule has 5 nitrogen and oxygen atoms in total. The highest BCUT2D eigenvalue weighted by Gasteiger charge is 2.35. The molecule has 2 aliphatic rings. The molecule has 1 amide bonds. The Morgan fingerprint density at radius 3 is 3.00 bits per heavy atom. The van der Waals surface area contributed by atoms with E-state index in [2.05, 4.69) is 22.1 Å². The number of carbonyl (C=O) groups excluding carboxylic acids is 1. The number of hydrogen-bond donors (Lipinski definition) is 2. The second kappa shape index (κ2) is 5.33. The topological polar surface area (TPSA) is 61.6 Å². The second-order valence-electron chi connectivity index (χ2n) is 5.50. The molecule has 0 aromatic rings. The van der Waals surface area contributed by atoms with Crippen molar-refractivity contribution in [3.63, 3.8) is 0 Å². The minimum Gasteiger partial charge on any atom is -0.298 e. The second-order valence-corrected chi connectivity index (χ2v) is 5.50. The molecule has 0 aromatic carbocycles. The summed E-state index contributed by atoms with van der Waals surface area (Å²) in [5.74, 6) is 5.08. The van der Waals surface area contributed by atoms with Crippen LogP contribution in [0.2, 0.25) is 0 Å². The average molecular weight is 240 g/mol. The number of amides is 1. The minimum absolute atomic E-state index is 0.0320. The van der Waals surface area contributed by atoms with E-state index in [1.165, 1.54) is 19.4 Å². The van der Waals surface area contributed by atoms with Crippen molar-refractivity contribution in [1.29, 1.82) is 0 Å². The van der Waals surface area contributed by atoms with Crippen LogP contribution in [0, 0.1) is 5.92 Å². The lowest BCUT2D eigenvalue weighted by molar-refractivity contribution is -0.125. The van der Waals surface area contributed by atoms with Crippen LogP contribution in [0.5, 0.6) is 0 Å². The summed E-state index contributed by atoms with van der Waals surface area (Å²) in [5.41, 5.74) is 2.24. The van der Waals surface area contributed by atoms with Gasteiger partial charge in [-0.1, -0.05) is 6.92 Å². The highest BCUT2D eigenvalue weighted by molar-refractivity contribution is 5.77. The molecule has 2 fully saturated rings. The number of rotatable bonds is 3. The maximum absolute atomic E-state index is 11.4. The molecule has 0 bridgehead atoms. The van der Waals surface area contributed by atoms with E-state index in [4.69, 9.17) is 5.84 Å². The Morgan fingerprint density at radius 1 is 1.53 bits per heavy atom. The van der Waals surface area contributed by atoms with Crippen LogP contribution in [0.3, 0.4) is 0 Å². The lowest BCUT2D eigenvalue weighted by Gasteiger charge is -2.43. The molecule has 2 heterocycles. The van der Waals surface area contributed by atoms with Gasteiger partial charge in [-0.3, -0.25) is 20.0 Å². The first kappa shape index (κ1) is 12.8. The quantitative estimate of drug-likeness (QED) is 0.407. The smallest absolute Gasteiger partial charge is 0.237 e. The Balaban J connectivity index is 1.90. The zero-order valence-electron chi connectivity index (χ0n) is 10.9. The first-order chi connectivity index (χ1) is 8.11. The van der Waals surface area contributed by atoms with Gasteiger partial charge in [0.1, 0.15) is 0 Å². The standard InChI is InChI=1S/C12H24N4O/c1-9(12(17)14-13)6-16-8-11-4-3-5-15(11)7-10(16)2/h9-11H,3-8,13H2,1-2H3,(H,14,17). The number of carbonyl (C=O) groups is 1. The van der Waals surface area contributed by atoms with E-state index < -0.39 is 0 Å². The van der Waals surface area contributed by atoms with Crippen molar-refractivity contribution >= 4 is 5.91 Å². The van der Waals surface area contributed by atoms with E-state index in [-0.39, 0.29) is 11.8 Å². The molecule has 3 N–H and O–H groups in total. The predicted octanol–water partition coefficient (Wildman–Crippen LogP) is -0.219. The molecule has 5 heteroatoms. The van der Waals surface area contributed by atoms with Crippen LogP contribution in [0.1, 0.15) is 26.7 Å². The lowest BCUT2D eigenvalue weighted by atomic mass is 10.0. The van der Waals surface area contributed by atoms with Gasteiger partial charge in [0.15, 0.2) is 0 Å². The van der Waals surface area contributed by atoms with Crippen LogP contribution >= 0.6 is 0 Å². The van der Waals surface area contributed by atoms with Crippen molar-refractivity contribution in [2.45, 2.75) is 38.8 Å². The Labute approximate surface area is 103 Å². The fourth-order valence-electron chi connectivity index (χ4n) is 3.08. The first-order valence-electron chi connectivity index (χ1n) is 6.60. The highest BCUT2D eigenvalue weighted by Crippen LogP contribution is 2.24. The molecule has 3 atom stereocenters. The third-order valence-corrected chi connectivity index (χ3v) is 4.16. The summed E-state index contributed by atoms with van der Waals surface area (Å²) in [6, 6.07) is 1.25. The van der Waals surface area contributed by atoms with Crippen molar-refractivity contribution in [3.05, 3.63) is 0 Å². The summed E-state index contributed by atoms with van der Waals surface area (Å²) in [4.78, 5) is 16.5. The fourth-order valence-corrected chi connectivity index (χ4v) is 3.08. The van der Waals surface area contributed by atoms with Crippen LogP contribution in [0.15, 0.2) is 0 Å². The zero-order valence-corrected chi connectivity index (χ0v) is 10.9. The van der Waals surface area contributed by atoms with E-state index in [0.29, 0.717) is 12.1 Å². The number of hydrazine groups is 1. The van der Waals surface area contributed by atoms with Gasteiger partial charge in [0.25, 0.3) is 0 Å². The predicted molar refractivity (Wildman–Crippen MR) is 67.1 cm³/mol. The molecule has 3 unspecified atom stereocenters. The number of nitrogens with two attached hydrogens (primary N) is 1. The molecule has 0 radical (unpaired) electrons. The summed E-state index contributed by atoms with van der Waals surface area (Å²) < 4.78 is 0.